The molecule has 0 bridgehead atoms. The van der Waals surface area contributed by atoms with E-state index in [4.69, 9.17) is 14.2 Å². The van der Waals surface area contributed by atoms with Gasteiger partial charge in [-0.3, -0.25) is 0 Å². The Labute approximate surface area is 189 Å². The van der Waals surface area contributed by atoms with Crippen LogP contribution < -0.4 is 14.8 Å². The van der Waals surface area contributed by atoms with Crippen LogP contribution in [-0.2, 0) is 16.7 Å². The maximum atomic E-state index is 12.6. The number of rotatable bonds is 4. The van der Waals surface area contributed by atoms with Crippen molar-refractivity contribution in [2.45, 2.75) is 50.0 Å². The normalized spacial score (nSPS) is 26.8. The number of methoxy groups -OCH3 is 1. The third kappa shape index (κ3) is 3.52. The Bertz CT molecular complexity index is 1040. The fourth-order valence-electron chi connectivity index (χ4n) is 5.33. The van der Waals surface area contributed by atoms with Crippen LogP contribution in [0.2, 0.25) is 0 Å². The molecule has 2 aromatic carbocycles. The molecule has 2 aromatic rings. The zero-order valence-electron chi connectivity index (χ0n) is 18.8. The summed E-state index contributed by atoms with van der Waals surface area (Å²) in [7, 11) is 3.83. The number of nitrogens with zero attached hydrogens (tertiary/aromatic N) is 1. The number of alkyl carbamates (subject to hydrolysis) is 1. The lowest BCUT2D eigenvalue weighted by Gasteiger charge is -2.36. The zero-order valence-corrected chi connectivity index (χ0v) is 18.8. The van der Waals surface area contributed by atoms with Crippen LogP contribution in [0.25, 0.3) is 0 Å². The van der Waals surface area contributed by atoms with E-state index < -0.39 is 6.09 Å². The van der Waals surface area contributed by atoms with Crippen molar-refractivity contribution >= 4 is 6.09 Å². The molecule has 0 saturated heterocycles. The molecular formula is C26H30N2O4. The van der Waals surface area contributed by atoms with Gasteiger partial charge in [0.25, 0.3) is 0 Å². The molecule has 0 saturated carbocycles. The molecule has 0 radical (unpaired) electrons. The molecule has 1 spiro atoms. The van der Waals surface area contributed by atoms with Crippen LogP contribution in [0, 0.1) is 0 Å². The number of amides is 1. The highest BCUT2D eigenvalue weighted by Crippen LogP contribution is 2.55. The summed E-state index contributed by atoms with van der Waals surface area (Å²) in [6, 6.07) is 13.9. The summed E-state index contributed by atoms with van der Waals surface area (Å²) in [6.07, 6.45) is 4.99. The van der Waals surface area contributed by atoms with Gasteiger partial charge in [-0.15, -0.1) is 0 Å². The van der Waals surface area contributed by atoms with E-state index >= 15 is 0 Å². The first-order chi connectivity index (χ1) is 15.5. The van der Waals surface area contributed by atoms with E-state index in [1.807, 2.05) is 49.4 Å². The molecule has 1 N–H and O–H groups in total. The van der Waals surface area contributed by atoms with E-state index in [2.05, 4.69) is 29.4 Å². The fraction of sp³-hybridized carbons (Fsp3) is 0.423. The first kappa shape index (κ1) is 20.9. The van der Waals surface area contributed by atoms with Gasteiger partial charge < -0.3 is 24.4 Å². The Morgan fingerprint density at radius 2 is 2.06 bits per heavy atom. The molecule has 6 nitrogen and oxygen atoms in total. The molecule has 168 valence electrons. The van der Waals surface area contributed by atoms with Gasteiger partial charge in [0.2, 0.25) is 0 Å². The van der Waals surface area contributed by atoms with Gasteiger partial charge in [-0.25, -0.2) is 4.79 Å². The fourth-order valence-corrected chi connectivity index (χ4v) is 5.33. The molecule has 1 aliphatic carbocycles. The highest BCUT2D eigenvalue weighted by molar-refractivity contribution is 5.68. The summed E-state index contributed by atoms with van der Waals surface area (Å²) in [4.78, 5) is 14.9. The second-order valence-corrected chi connectivity index (χ2v) is 9.08. The van der Waals surface area contributed by atoms with E-state index in [0.717, 1.165) is 36.6 Å². The van der Waals surface area contributed by atoms with Crippen LogP contribution in [0.15, 0.2) is 54.6 Å². The first-order valence-electron chi connectivity index (χ1n) is 11.3. The van der Waals surface area contributed by atoms with Crippen LogP contribution in [-0.4, -0.2) is 43.9 Å². The topological polar surface area (TPSA) is 60.0 Å². The lowest BCUT2D eigenvalue weighted by Crippen LogP contribution is -2.44. The maximum Gasteiger partial charge on any atom is 0.408 e. The molecule has 3 aliphatic rings. The van der Waals surface area contributed by atoms with Gasteiger partial charge in [-0.2, -0.15) is 0 Å². The van der Waals surface area contributed by atoms with E-state index in [0.29, 0.717) is 6.42 Å². The van der Waals surface area contributed by atoms with Crippen molar-refractivity contribution in [1.29, 1.82) is 0 Å². The van der Waals surface area contributed by atoms with Gasteiger partial charge in [0.1, 0.15) is 12.2 Å². The second-order valence-electron chi connectivity index (χ2n) is 9.08. The van der Waals surface area contributed by atoms with Crippen LogP contribution >= 0.6 is 0 Å². The summed E-state index contributed by atoms with van der Waals surface area (Å²) in [5.74, 6) is 1.61. The van der Waals surface area contributed by atoms with E-state index in [1.165, 1.54) is 11.1 Å². The molecule has 32 heavy (non-hydrogen) atoms. The molecule has 0 aromatic heterocycles. The monoisotopic (exact) mass is 434 g/mol. The SMILES string of the molecule is COc1ccc2c3c1O[C@H]1C[C@@H](OC(=O)N[C@@H](C)c4ccccc4)C=C[C@@]31CCN(C)C2. The van der Waals surface area contributed by atoms with Crippen LogP contribution in [0.5, 0.6) is 11.5 Å². The average Bonchev–Trinajstić information content (AvgIpc) is 3.05. The van der Waals surface area contributed by atoms with E-state index in [-0.39, 0.29) is 23.7 Å². The van der Waals surface area contributed by atoms with Crippen molar-refractivity contribution in [3.05, 3.63) is 71.3 Å². The van der Waals surface area contributed by atoms with Crippen molar-refractivity contribution < 1.29 is 19.0 Å². The molecule has 2 heterocycles. The maximum absolute atomic E-state index is 12.6. The minimum atomic E-state index is -0.415. The number of hydrogen-bond acceptors (Lipinski definition) is 5. The van der Waals surface area contributed by atoms with Gasteiger partial charge in [-0.05, 0) is 50.2 Å². The van der Waals surface area contributed by atoms with Gasteiger partial charge in [-0.1, -0.05) is 42.5 Å². The first-order valence-corrected chi connectivity index (χ1v) is 11.3. The summed E-state index contributed by atoms with van der Waals surface area (Å²) >= 11 is 0. The number of ether oxygens (including phenoxy) is 3. The minimum Gasteiger partial charge on any atom is -0.493 e. The van der Waals surface area contributed by atoms with Crippen molar-refractivity contribution in [2.75, 3.05) is 20.7 Å². The van der Waals surface area contributed by atoms with Gasteiger partial charge in [0, 0.05) is 18.5 Å². The van der Waals surface area contributed by atoms with Crippen molar-refractivity contribution in [1.82, 2.24) is 10.2 Å². The van der Waals surface area contributed by atoms with Crippen LogP contribution in [0.3, 0.4) is 0 Å². The molecule has 0 fully saturated rings. The molecule has 1 amide bonds. The molecule has 4 atom stereocenters. The Morgan fingerprint density at radius 1 is 1.25 bits per heavy atom. The lowest BCUT2D eigenvalue weighted by atomic mass is 9.69. The number of nitrogens with one attached hydrogen (secondary N) is 1. The molecule has 0 unspecified atom stereocenters. The average molecular weight is 435 g/mol. The van der Waals surface area contributed by atoms with Crippen molar-refractivity contribution in [3.8, 4) is 11.5 Å². The van der Waals surface area contributed by atoms with Crippen molar-refractivity contribution in [2.24, 2.45) is 0 Å². The highest BCUT2D eigenvalue weighted by atomic mass is 16.6. The minimum absolute atomic E-state index is 0.0894. The van der Waals surface area contributed by atoms with Crippen LogP contribution in [0.1, 0.15) is 42.5 Å². The quantitative estimate of drug-likeness (QED) is 0.726. The molecule has 5 rings (SSSR count). The third-order valence-corrected chi connectivity index (χ3v) is 7.02. The third-order valence-electron chi connectivity index (χ3n) is 7.02. The summed E-state index contributed by atoms with van der Waals surface area (Å²) in [5.41, 5.74) is 3.35. The Balaban J connectivity index is 1.36. The standard InChI is InChI=1S/C26H30N2O4/c1-17(18-7-5-4-6-8-18)27-25(29)31-20-11-12-26-13-14-28(2)16-19-9-10-21(30-3)24(23(19)26)32-22(26)15-20/h4-12,17,20,22H,13-16H2,1-3H3,(H,27,29)/t17-,20-,22-,26-/m0/s1. The number of hydrogen-bond donors (Lipinski definition) is 1. The van der Waals surface area contributed by atoms with Crippen LogP contribution in [0.4, 0.5) is 4.79 Å². The van der Waals surface area contributed by atoms with E-state index in [9.17, 15) is 4.79 Å². The number of carbonyl (C=O) groups is 1. The zero-order chi connectivity index (χ0) is 22.3. The number of carbonyl (C=O) groups excluding carboxylic acids is 1. The van der Waals surface area contributed by atoms with Gasteiger partial charge in [0.15, 0.2) is 11.5 Å². The largest absolute Gasteiger partial charge is 0.493 e. The van der Waals surface area contributed by atoms with E-state index in [1.54, 1.807) is 7.11 Å². The Hall–Kier alpha value is -2.99. The predicted octanol–water partition coefficient (Wildman–Crippen LogP) is 4.35. The van der Waals surface area contributed by atoms with Gasteiger partial charge in [0.05, 0.1) is 18.6 Å². The highest BCUT2D eigenvalue weighted by Gasteiger charge is 2.53. The molecule has 6 heteroatoms. The van der Waals surface area contributed by atoms with Gasteiger partial charge >= 0.3 is 6.09 Å². The Kier molecular flexibility index (Phi) is 5.33. The molecular weight excluding hydrogens is 404 g/mol. The summed E-state index contributed by atoms with van der Waals surface area (Å²) < 4.78 is 17.9. The lowest BCUT2D eigenvalue weighted by molar-refractivity contribution is 0.0594. The predicted molar refractivity (Wildman–Crippen MR) is 122 cm³/mol. The summed E-state index contributed by atoms with van der Waals surface area (Å²) in [6.45, 7) is 3.81. The van der Waals surface area contributed by atoms with Crippen molar-refractivity contribution in [3.63, 3.8) is 0 Å². The summed E-state index contributed by atoms with van der Waals surface area (Å²) in [5, 5.41) is 2.94. The molecule has 2 aliphatic heterocycles. The smallest absolute Gasteiger partial charge is 0.408 e. The second kappa shape index (κ2) is 8.17. The Morgan fingerprint density at radius 3 is 2.84 bits per heavy atom. The number of benzene rings is 2.